The molecule has 1 aliphatic carbocycles. The summed E-state index contributed by atoms with van der Waals surface area (Å²) in [5.41, 5.74) is 1.34. The molecule has 1 aromatic heterocycles. The highest BCUT2D eigenvalue weighted by Crippen LogP contribution is 2.42. The van der Waals surface area contributed by atoms with Crippen LogP contribution in [0.3, 0.4) is 0 Å². The van der Waals surface area contributed by atoms with Crippen LogP contribution in [0.1, 0.15) is 63.3 Å². The summed E-state index contributed by atoms with van der Waals surface area (Å²) in [5, 5.41) is 5.22. The van der Waals surface area contributed by atoms with Crippen molar-refractivity contribution >= 4 is 49.0 Å². The molecular formula is C25H27Br2N3O3. The molecule has 0 unspecified atom stereocenters. The second-order valence-electron chi connectivity index (χ2n) is 7.97. The van der Waals surface area contributed by atoms with Crippen LogP contribution in [0.2, 0.25) is 0 Å². The predicted molar refractivity (Wildman–Crippen MR) is 139 cm³/mol. The number of halogens is 2. The van der Waals surface area contributed by atoms with E-state index < -0.39 is 0 Å². The van der Waals surface area contributed by atoms with Crippen LogP contribution in [0.4, 0.5) is 0 Å². The standard InChI is InChI=1S/C25H27Br2N3O3/c1-3-32-20-14-17(21(26)22(27)23(20)33-4-2)15-28-30-24(16-10-6-5-7-11-16)29-19-13-9-8-12-18(19)25(30)31/h8-9,12-16H,3-7,10-11H2,1-2H3. The second-order valence-corrected chi connectivity index (χ2v) is 9.56. The van der Waals surface area contributed by atoms with E-state index in [-0.39, 0.29) is 11.5 Å². The molecule has 0 atom stereocenters. The van der Waals surface area contributed by atoms with Gasteiger partial charge in [0.05, 0.1) is 34.8 Å². The number of nitrogens with zero attached hydrogens (tertiary/aromatic N) is 3. The SMILES string of the molecule is CCOc1cc(C=Nn2c(C3CCCCC3)nc3ccccc3c2=O)c(Br)c(Br)c1OCC. The van der Waals surface area contributed by atoms with Gasteiger partial charge in [-0.1, -0.05) is 31.4 Å². The second kappa shape index (κ2) is 10.8. The summed E-state index contributed by atoms with van der Waals surface area (Å²) in [6.45, 7) is 4.87. The zero-order valence-electron chi connectivity index (χ0n) is 18.8. The lowest BCUT2D eigenvalue weighted by Crippen LogP contribution is -2.25. The van der Waals surface area contributed by atoms with Crippen molar-refractivity contribution in [2.45, 2.75) is 51.9 Å². The van der Waals surface area contributed by atoms with E-state index in [0.29, 0.717) is 30.1 Å². The van der Waals surface area contributed by atoms with Crippen molar-refractivity contribution in [2.24, 2.45) is 5.10 Å². The van der Waals surface area contributed by atoms with Crippen LogP contribution in [0.25, 0.3) is 10.9 Å². The number of benzene rings is 2. The minimum Gasteiger partial charge on any atom is -0.490 e. The van der Waals surface area contributed by atoms with E-state index in [1.165, 1.54) is 11.1 Å². The summed E-state index contributed by atoms with van der Waals surface area (Å²) < 4.78 is 14.6. The van der Waals surface area contributed by atoms with Crippen LogP contribution >= 0.6 is 31.9 Å². The van der Waals surface area contributed by atoms with Crippen molar-refractivity contribution < 1.29 is 9.47 Å². The third-order valence-corrected chi connectivity index (χ3v) is 7.95. The Hall–Kier alpha value is -2.19. The van der Waals surface area contributed by atoms with Crippen LogP contribution in [0.15, 0.2) is 49.2 Å². The van der Waals surface area contributed by atoms with Gasteiger partial charge >= 0.3 is 0 Å². The van der Waals surface area contributed by atoms with E-state index in [1.807, 2.05) is 38.1 Å². The third kappa shape index (κ3) is 5.01. The number of rotatable bonds is 7. The molecule has 0 bridgehead atoms. The smallest absolute Gasteiger partial charge is 0.282 e. The first-order valence-corrected chi connectivity index (χ1v) is 13.0. The fourth-order valence-corrected chi connectivity index (χ4v) is 5.17. The Morgan fingerprint density at radius 3 is 2.55 bits per heavy atom. The van der Waals surface area contributed by atoms with Gasteiger partial charge in [0.2, 0.25) is 0 Å². The summed E-state index contributed by atoms with van der Waals surface area (Å²) >= 11 is 7.25. The molecule has 2 aromatic carbocycles. The summed E-state index contributed by atoms with van der Waals surface area (Å²) in [7, 11) is 0. The molecule has 0 aliphatic heterocycles. The lowest BCUT2D eigenvalue weighted by Gasteiger charge is -2.22. The molecule has 0 amide bonds. The highest BCUT2D eigenvalue weighted by atomic mass is 79.9. The first kappa shape index (κ1) is 24.0. The number of ether oxygens (including phenoxy) is 2. The average Bonchev–Trinajstić information content (AvgIpc) is 2.84. The predicted octanol–water partition coefficient (Wildman–Crippen LogP) is 6.65. The number of fused-ring (bicyclic) bond motifs is 1. The number of para-hydroxylation sites is 1. The monoisotopic (exact) mass is 575 g/mol. The fourth-order valence-electron chi connectivity index (χ4n) is 4.24. The van der Waals surface area contributed by atoms with Gasteiger partial charge in [-0.25, -0.2) is 4.98 Å². The minimum atomic E-state index is -0.149. The summed E-state index contributed by atoms with van der Waals surface area (Å²) in [5.74, 6) is 2.21. The first-order chi connectivity index (χ1) is 16.0. The van der Waals surface area contributed by atoms with Crippen molar-refractivity contribution in [3.8, 4) is 11.5 Å². The number of aromatic nitrogens is 2. The summed E-state index contributed by atoms with van der Waals surface area (Å²) in [6.07, 6.45) is 7.24. The van der Waals surface area contributed by atoms with E-state index in [4.69, 9.17) is 14.5 Å². The quantitative estimate of drug-likeness (QED) is 0.295. The molecule has 1 saturated carbocycles. The molecule has 1 aliphatic rings. The highest BCUT2D eigenvalue weighted by Gasteiger charge is 2.23. The third-order valence-electron chi connectivity index (χ3n) is 5.81. The molecule has 1 heterocycles. The van der Waals surface area contributed by atoms with E-state index in [1.54, 1.807) is 12.3 Å². The molecular weight excluding hydrogens is 550 g/mol. The maximum Gasteiger partial charge on any atom is 0.282 e. The first-order valence-electron chi connectivity index (χ1n) is 11.4. The maximum absolute atomic E-state index is 13.4. The van der Waals surface area contributed by atoms with Crippen molar-refractivity contribution in [1.82, 2.24) is 9.66 Å². The summed E-state index contributed by atoms with van der Waals surface area (Å²) in [6, 6.07) is 9.33. The highest BCUT2D eigenvalue weighted by molar-refractivity contribution is 9.13. The lowest BCUT2D eigenvalue weighted by atomic mass is 9.88. The van der Waals surface area contributed by atoms with Gasteiger partial charge in [-0.3, -0.25) is 4.79 Å². The Morgan fingerprint density at radius 1 is 1.09 bits per heavy atom. The van der Waals surface area contributed by atoms with Crippen LogP contribution in [0, 0.1) is 0 Å². The molecule has 8 heteroatoms. The van der Waals surface area contributed by atoms with E-state index in [2.05, 4.69) is 37.0 Å². The van der Waals surface area contributed by atoms with Crippen molar-refractivity contribution in [3.05, 3.63) is 61.0 Å². The molecule has 0 N–H and O–H groups in total. The molecule has 0 saturated heterocycles. The van der Waals surface area contributed by atoms with Gasteiger partial charge in [0.25, 0.3) is 5.56 Å². The molecule has 3 aromatic rings. The van der Waals surface area contributed by atoms with Crippen molar-refractivity contribution in [2.75, 3.05) is 13.2 Å². The molecule has 0 spiro atoms. The van der Waals surface area contributed by atoms with Gasteiger partial charge < -0.3 is 9.47 Å². The van der Waals surface area contributed by atoms with Gasteiger partial charge in [0.1, 0.15) is 5.82 Å². The van der Waals surface area contributed by atoms with Gasteiger partial charge in [-0.15, -0.1) is 0 Å². The number of hydrogen-bond donors (Lipinski definition) is 0. The molecule has 4 rings (SSSR count). The van der Waals surface area contributed by atoms with Gasteiger partial charge in [0, 0.05) is 16.0 Å². The zero-order valence-corrected chi connectivity index (χ0v) is 22.0. The van der Waals surface area contributed by atoms with Gasteiger partial charge in [0.15, 0.2) is 11.5 Å². The normalized spacial score (nSPS) is 14.8. The molecule has 33 heavy (non-hydrogen) atoms. The Balaban J connectivity index is 1.84. The Kier molecular flexibility index (Phi) is 7.86. The van der Waals surface area contributed by atoms with E-state index in [9.17, 15) is 4.79 Å². The molecule has 174 valence electrons. The Bertz CT molecular complexity index is 1230. The van der Waals surface area contributed by atoms with Crippen LogP contribution in [-0.4, -0.2) is 29.1 Å². The van der Waals surface area contributed by atoms with Crippen LogP contribution < -0.4 is 15.0 Å². The van der Waals surface area contributed by atoms with E-state index in [0.717, 1.165) is 51.5 Å². The lowest BCUT2D eigenvalue weighted by molar-refractivity contribution is 0.286. The van der Waals surface area contributed by atoms with Crippen molar-refractivity contribution in [1.29, 1.82) is 0 Å². The zero-order chi connectivity index (χ0) is 23.4. The van der Waals surface area contributed by atoms with Crippen LogP contribution in [-0.2, 0) is 0 Å². The van der Waals surface area contributed by atoms with Gasteiger partial charge in [-0.2, -0.15) is 9.78 Å². The molecule has 6 nitrogen and oxygen atoms in total. The van der Waals surface area contributed by atoms with Crippen molar-refractivity contribution in [3.63, 3.8) is 0 Å². The molecule has 1 fully saturated rings. The largest absolute Gasteiger partial charge is 0.490 e. The van der Waals surface area contributed by atoms with E-state index >= 15 is 0 Å². The fraction of sp³-hybridized carbons (Fsp3) is 0.400. The summed E-state index contributed by atoms with van der Waals surface area (Å²) in [4.78, 5) is 18.3. The molecule has 0 radical (unpaired) electrons. The average molecular weight is 577 g/mol. The van der Waals surface area contributed by atoms with Crippen LogP contribution in [0.5, 0.6) is 11.5 Å². The maximum atomic E-state index is 13.4. The Morgan fingerprint density at radius 2 is 1.82 bits per heavy atom. The minimum absolute atomic E-state index is 0.149. The van der Waals surface area contributed by atoms with Gasteiger partial charge in [-0.05, 0) is 76.7 Å². The number of hydrogen-bond acceptors (Lipinski definition) is 5. The Labute approximate surface area is 210 Å². The topological polar surface area (TPSA) is 65.7 Å².